The Labute approximate surface area is 118 Å². The molecule has 0 saturated carbocycles. The van der Waals surface area contributed by atoms with E-state index in [1.54, 1.807) is 12.1 Å². The number of benzene rings is 1. The van der Waals surface area contributed by atoms with Crippen LogP contribution in [-0.4, -0.2) is 4.98 Å². The maximum absolute atomic E-state index is 12.5. The van der Waals surface area contributed by atoms with Crippen molar-refractivity contribution < 1.29 is 13.2 Å². The van der Waals surface area contributed by atoms with Gasteiger partial charge in [0.25, 0.3) is 0 Å². The van der Waals surface area contributed by atoms with Gasteiger partial charge in [0.05, 0.1) is 23.7 Å². The summed E-state index contributed by atoms with van der Waals surface area (Å²) in [6.45, 7) is 0. The summed E-state index contributed by atoms with van der Waals surface area (Å²) in [5.41, 5.74) is 0.806. The number of nitriles is 1. The van der Waals surface area contributed by atoms with Gasteiger partial charge in [0.1, 0.15) is 5.15 Å². The molecule has 1 aromatic carbocycles. The predicted octanol–water partition coefficient (Wildman–Crippen LogP) is 4.49. The lowest BCUT2D eigenvalue weighted by molar-refractivity contribution is -0.137. The minimum absolute atomic E-state index is 0.112. The molecule has 0 fully saturated rings. The fraction of sp³-hybridized carbons (Fsp3) is 0.143. The molecule has 0 radical (unpaired) electrons. The second-order valence-corrected chi connectivity index (χ2v) is 4.44. The van der Waals surface area contributed by atoms with Crippen molar-refractivity contribution >= 4 is 11.6 Å². The molecule has 0 aliphatic rings. The average Bonchev–Trinajstić information content (AvgIpc) is 2.40. The van der Waals surface area contributed by atoms with Gasteiger partial charge in [-0.1, -0.05) is 29.8 Å². The average molecular weight is 297 g/mol. The fourth-order valence-corrected chi connectivity index (χ4v) is 1.91. The van der Waals surface area contributed by atoms with E-state index in [0.29, 0.717) is 16.8 Å². The SMILES string of the molecule is N#CCc1ccc(Cl)nc1-c1ccc(C(F)(F)F)cc1. The van der Waals surface area contributed by atoms with E-state index in [4.69, 9.17) is 16.9 Å². The van der Waals surface area contributed by atoms with Crippen LogP contribution in [0.15, 0.2) is 36.4 Å². The number of hydrogen-bond acceptors (Lipinski definition) is 2. The highest BCUT2D eigenvalue weighted by atomic mass is 35.5. The number of halogens is 4. The number of alkyl halides is 3. The second kappa shape index (κ2) is 5.51. The van der Waals surface area contributed by atoms with Crippen LogP contribution in [0, 0.1) is 11.3 Å². The summed E-state index contributed by atoms with van der Waals surface area (Å²) in [4.78, 5) is 4.09. The molecule has 0 saturated heterocycles. The predicted molar refractivity (Wildman–Crippen MR) is 69.0 cm³/mol. The van der Waals surface area contributed by atoms with E-state index in [0.717, 1.165) is 12.1 Å². The van der Waals surface area contributed by atoms with Gasteiger partial charge in [0.15, 0.2) is 0 Å². The molecule has 2 nitrogen and oxygen atoms in total. The molecular formula is C14H8ClF3N2. The molecule has 20 heavy (non-hydrogen) atoms. The molecular weight excluding hydrogens is 289 g/mol. The molecule has 0 spiro atoms. The van der Waals surface area contributed by atoms with Crippen LogP contribution in [0.1, 0.15) is 11.1 Å². The second-order valence-electron chi connectivity index (χ2n) is 4.05. The molecule has 2 rings (SSSR count). The summed E-state index contributed by atoms with van der Waals surface area (Å²) >= 11 is 5.80. The van der Waals surface area contributed by atoms with E-state index in [1.165, 1.54) is 12.1 Å². The van der Waals surface area contributed by atoms with Gasteiger partial charge in [-0.2, -0.15) is 18.4 Å². The number of rotatable bonds is 2. The fourth-order valence-electron chi connectivity index (χ4n) is 1.76. The Morgan fingerprint density at radius 1 is 1.10 bits per heavy atom. The largest absolute Gasteiger partial charge is 0.416 e. The van der Waals surface area contributed by atoms with Gasteiger partial charge in [-0.3, -0.25) is 0 Å². The van der Waals surface area contributed by atoms with Crippen molar-refractivity contribution in [1.82, 2.24) is 4.98 Å². The molecule has 2 aromatic rings. The van der Waals surface area contributed by atoms with Crippen LogP contribution >= 0.6 is 11.6 Å². The Morgan fingerprint density at radius 3 is 2.30 bits per heavy atom. The van der Waals surface area contributed by atoms with Crippen LogP contribution in [0.2, 0.25) is 5.15 Å². The molecule has 0 amide bonds. The topological polar surface area (TPSA) is 36.7 Å². The van der Waals surface area contributed by atoms with Crippen LogP contribution in [0.5, 0.6) is 0 Å². The third kappa shape index (κ3) is 3.09. The van der Waals surface area contributed by atoms with E-state index in [-0.39, 0.29) is 11.6 Å². The first-order valence-electron chi connectivity index (χ1n) is 5.62. The third-order valence-corrected chi connectivity index (χ3v) is 2.91. The van der Waals surface area contributed by atoms with Crippen LogP contribution in [-0.2, 0) is 12.6 Å². The van der Waals surface area contributed by atoms with E-state index in [1.807, 2.05) is 6.07 Å². The van der Waals surface area contributed by atoms with Crippen molar-refractivity contribution in [2.75, 3.05) is 0 Å². The molecule has 0 aliphatic carbocycles. The van der Waals surface area contributed by atoms with Crippen molar-refractivity contribution in [3.63, 3.8) is 0 Å². The lowest BCUT2D eigenvalue weighted by Crippen LogP contribution is -2.04. The minimum Gasteiger partial charge on any atom is -0.236 e. The Kier molecular flexibility index (Phi) is 3.96. The Morgan fingerprint density at radius 2 is 1.75 bits per heavy atom. The van der Waals surface area contributed by atoms with Gasteiger partial charge < -0.3 is 0 Å². The summed E-state index contributed by atoms with van der Waals surface area (Å²) in [5.74, 6) is 0. The Hall–Kier alpha value is -2.06. The highest BCUT2D eigenvalue weighted by Crippen LogP contribution is 2.31. The van der Waals surface area contributed by atoms with Crippen molar-refractivity contribution in [3.05, 3.63) is 52.7 Å². The third-order valence-electron chi connectivity index (χ3n) is 2.70. The van der Waals surface area contributed by atoms with Crippen LogP contribution in [0.4, 0.5) is 13.2 Å². The molecule has 0 unspecified atom stereocenters. The van der Waals surface area contributed by atoms with Crippen molar-refractivity contribution in [3.8, 4) is 17.3 Å². The van der Waals surface area contributed by atoms with E-state index >= 15 is 0 Å². The number of pyridine rings is 1. The zero-order valence-corrected chi connectivity index (χ0v) is 10.8. The van der Waals surface area contributed by atoms with E-state index in [2.05, 4.69) is 4.98 Å². The molecule has 1 heterocycles. The summed E-state index contributed by atoms with van der Waals surface area (Å²) < 4.78 is 37.5. The van der Waals surface area contributed by atoms with Gasteiger partial charge in [-0.15, -0.1) is 0 Å². The quantitative estimate of drug-likeness (QED) is 0.766. The lowest BCUT2D eigenvalue weighted by Gasteiger charge is -2.09. The monoisotopic (exact) mass is 296 g/mol. The molecule has 0 atom stereocenters. The lowest BCUT2D eigenvalue weighted by atomic mass is 10.0. The van der Waals surface area contributed by atoms with Gasteiger partial charge in [0.2, 0.25) is 0 Å². The summed E-state index contributed by atoms with van der Waals surface area (Å²) in [7, 11) is 0. The van der Waals surface area contributed by atoms with Crippen molar-refractivity contribution in [1.29, 1.82) is 5.26 Å². The standard InChI is InChI=1S/C14H8ClF3N2/c15-12-6-3-10(7-8-19)13(20-12)9-1-4-11(5-2-9)14(16,17)18/h1-6H,7H2. The zero-order valence-electron chi connectivity index (χ0n) is 10.1. The van der Waals surface area contributed by atoms with Crippen molar-refractivity contribution in [2.24, 2.45) is 0 Å². The molecule has 102 valence electrons. The van der Waals surface area contributed by atoms with Crippen LogP contribution in [0.3, 0.4) is 0 Å². The molecule has 0 bridgehead atoms. The molecule has 1 aromatic heterocycles. The maximum atomic E-state index is 12.5. The van der Waals surface area contributed by atoms with E-state index in [9.17, 15) is 13.2 Å². The van der Waals surface area contributed by atoms with E-state index < -0.39 is 11.7 Å². The summed E-state index contributed by atoms with van der Waals surface area (Å²) in [6, 6.07) is 9.78. The smallest absolute Gasteiger partial charge is 0.236 e. The summed E-state index contributed by atoms with van der Waals surface area (Å²) in [5, 5.41) is 8.98. The van der Waals surface area contributed by atoms with Crippen LogP contribution in [0.25, 0.3) is 11.3 Å². The molecule has 0 aliphatic heterocycles. The first-order chi connectivity index (χ1) is 9.41. The zero-order chi connectivity index (χ0) is 14.8. The maximum Gasteiger partial charge on any atom is 0.416 e. The first kappa shape index (κ1) is 14.4. The Balaban J connectivity index is 2.46. The molecule has 6 heteroatoms. The van der Waals surface area contributed by atoms with Gasteiger partial charge in [-0.05, 0) is 23.8 Å². The highest BCUT2D eigenvalue weighted by Gasteiger charge is 2.30. The number of hydrogen-bond donors (Lipinski definition) is 0. The van der Waals surface area contributed by atoms with Gasteiger partial charge >= 0.3 is 6.18 Å². The number of aromatic nitrogens is 1. The highest BCUT2D eigenvalue weighted by molar-refractivity contribution is 6.29. The Bertz CT molecular complexity index is 658. The minimum atomic E-state index is -4.38. The summed E-state index contributed by atoms with van der Waals surface area (Å²) in [6.07, 6.45) is -4.27. The van der Waals surface area contributed by atoms with Gasteiger partial charge in [0, 0.05) is 5.56 Å². The number of nitrogens with zero attached hydrogens (tertiary/aromatic N) is 2. The molecule has 0 N–H and O–H groups in total. The van der Waals surface area contributed by atoms with Crippen LogP contribution < -0.4 is 0 Å². The normalized spacial score (nSPS) is 11.2. The van der Waals surface area contributed by atoms with Crippen molar-refractivity contribution in [2.45, 2.75) is 12.6 Å². The first-order valence-corrected chi connectivity index (χ1v) is 5.99. The van der Waals surface area contributed by atoms with Gasteiger partial charge in [-0.25, -0.2) is 4.98 Å².